The van der Waals surface area contributed by atoms with E-state index in [4.69, 9.17) is 4.74 Å². The minimum atomic E-state index is -0.465. The molecule has 1 fully saturated rings. The number of carbonyl (C=O) groups excluding carboxylic acids is 1. The first kappa shape index (κ1) is 21.0. The molecule has 3 N–H and O–H groups in total. The van der Waals surface area contributed by atoms with Crippen molar-refractivity contribution in [3.8, 4) is 11.6 Å². The lowest BCUT2D eigenvalue weighted by Gasteiger charge is -2.23. The number of ether oxygens (including phenoxy) is 1. The van der Waals surface area contributed by atoms with Crippen molar-refractivity contribution in [3.05, 3.63) is 52.9 Å². The number of amides is 2. The number of aromatic amines is 1. The van der Waals surface area contributed by atoms with Crippen molar-refractivity contribution in [2.24, 2.45) is 0 Å². The number of hydrogen-bond donors (Lipinski definition) is 3. The lowest BCUT2D eigenvalue weighted by atomic mass is 10.0. The molecule has 3 aliphatic rings. The number of aromatic nitrogens is 4. The van der Waals surface area contributed by atoms with Crippen LogP contribution in [-0.2, 0) is 24.8 Å². The summed E-state index contributed by atoms with van der Waals surface area (Å²) in [5.74, 6) is 0.556. The molecule has 3 aromatic rings. The van der Waals surface area contributed by atoms with Crippen molar-refractivity contribution >= 4 is 17.5 Å². The largest absolute Gasteiger partial charge is 0.436 e. The van der Waals surface area contributed by atoms with Crippen LogP contribution in [0.5, 0.6) is 11.6 Å². The number of rotatable bonds is 4. The molecule has 4 heterocycles. The molecule has 2 aromatic heterocycles. The van der Waals surface area contributed by atoms with E-state index in [1.54, 1.807) is 17.0 Å². The molecule has 2 aliphatic heterocycles. The van der Waals surface area contributed by atoms with Gasteiger partial charge in [-0.3, -0.25) is 15.3 Å². The highest BCUT2D eigenvalue weighted by atomic mass is 19.1. The van der Waals surface area contributed by atoms with Crippen LogP contribution in [0.3, 0.4) is 0 Å². The molecule has 0 spiro atoms. The first-order valence-electron chi connectivity index (χ1n) is 11.6. The van der Waals surface area contributed by atoms with Crippen LogP contribution in [0, 0.1) is 5.82 Å². The van der Waals surface area contributed by atoms with Gasteiger partial charge < -0.3 is 10.1 Å². The molecule has 34 heavy (non-hydrogen) atoms. The molecular formula is C24H26FN7O2. The maximum atomic E-state index is 15.4. The number of nitrogens with one attached hydrogen (secondary N) is 3. The zero-order valence-corrected chi connectivity index (χ0v) is 19.1. The van der Waals surface area contributed by atoms with Crippen LogP contribution in [0.1, 0.15) is 49.2 Å². The summed E-state index contributed by atoms with van der Waals surface area (Å²) in [6, 6.07) is 5.09. The van der Waals surface area contributed by atoms with Gasteiger partial charge in [0.25, 0.3) is 0 Å². The average molecular weight is 464 g/mol. The summed E-state index contributed by atoms with van der Waals surface area (Å²) in [7, 11) is 0. The third-order valence-corrected chi connectivity index (χ3v) is 7.07. The Morgan fingerprint density at radius 1 is 1.29 bits per heavy atom. The normalized spacial score (nSPS) is 20.0. The molecule has 176 valence electrons. The van der Waals surface area contributed by atoms with E-state index in [1.807, 2.05) is 6.07 Å². The zero-order valence-electron chi connectivity index (χ0n) is 19.1. The number of halogens is 1. The number of carbonyl (C=O) groups is 1. The Labute approximate surface area is 196 Å². The van der Waals surface area contributed by atoms with Crippen LogP contribution >= 0.6 is 0 Å². The van der Waals surface area contributed by atoms with Gasteiger partial charge in [-0.05, 0) is 44.7 Å². The van der Waals surface area contributed by atoms with Crippen molar-refractivity contribution in [2.45, 2.75) is 57.5 Å². The summed E-state index contributed by atoms with van der Waals surface area (Å²) in [4.78, 5) is 23.0. The molecule has 0 radical (unpaired) electrons. The number of hydrogen-bond acceptors (Lipinski definition) is 6. The molecular weight excluding hydrogens is 437 g/mol. The Kier molecular flexibility index (Phi) is 4.80. The van der Waals surface area contributed by atoms with E-state index < -0.39 is 5.82 Å². The highest BCUT2D eigenvalue weighted by Gasteiger charge is 2.41. The van der Waals surface area contributed by atoms with Gasteiger partial charge in [-0.1, -0.05) is 6.92 Å². The smallest absolute Gasteiger partial charge is 0.327 e. The van der Waals surface area contributed by atoms with Gasteiger partial charge in [0.05, 0.1) is 17.1 Å². The Balaban J connectivity index is 1.21. The van der Waals surface area contributed by atoms with Crippen molar-refractivity contribution in [2.75, 3.05) is 16.8 Å². The molecule has 0 unspecified atom stereocenters. The fourth-order valence-electron chi connectivity index (χ4n) is 4.66. The molecule has 2 amide bonds. The summed E-state index contributed by atoms with van der Waals surface area (Å²) >= 11 is 0. The lowest BCUT2D eigenvalue weighted by molar-refractivity contribution is 0.257. The Morgan fingerprint density at radius 2 is 2.15 bits per heavy atom. The Morgan fingerprint density at radius 3 is 2.97 bits per heavy atom. The van der Waals surface area contributed by atoms with E-state index >= 15 is 4.39 Å². The third-order valence-electron chi connectivity index (χ3n) is 7.07. The van der Waals surface area contributed by atoms with Gasteiger partial charge in [0.1, 0.15) is 12.1 Å². The van der Waals surface area contributed by atoms with Crippen LogP contribution in [0.15, 0.2) is 24.5 Å². The van der Waals surface area contributed by atoms with Crippen molar-refractivity contribution in [1.82, 2.24) is 25.5 Å². The molecule has 10 heteroatoms. The van der Waals surface area contributed by atoms with Crippen LogP contribution in [0.25, 0.3) is 0 Å². The van der Waals surface area contributed by atoms with Crippen LogP contribution in [0.2, 0.25) is 0 Å². The van der Waals surface area contributed by atoms with Gasteiger partial charge in [-0.15, -0.1) is 0 Å². The third kappa shape index (κ3) is 3.58. The molecule has 1 atom stereocenters. The van der Waals surface area contributed by atoms with E-state index in [9.17, 15) is 4.79 Å². The maximum absolute atomic E-state index is 15.4. The molecule has 1 aliphatic carbocycles. The summed E-state index contributed by atoms with van der Waals surface area (Å²) in [5, 5.41) is 13.4. The second-order valence-electron chi connectivity index (χ2n) is 9.63. The number of benzene rings is 1. The average Bonchev–Trinajstić information content (AvgIpc) is 3.22. The monoisotopic (exact) mass is 463 g/mol. The SMILES string of the molecule is C[C@@H]1Cc2c(ncnc2Oc2ccc3c(c2F)CCN3C(=O)Nc2cc(C3(C)CC3)n[nH]2)CN1. The molecule has 6 rings (SSSR count). The predicted octanol–water partition coefficient (Wildman–Crippen LogP) is 3.81. The Hall–Kier alpha value is -3.53. The van der Waals surface area contributed by atoms with Crippen molar-refractivity contribution in [1.29, 1.82) is 0 Å². The molecule has 9 nitrogen and oxygen atoms in total. The minimum absolute atomic E-state index is 0.101. The van der Waals surface area contributed by atoms with Crippen LogP contribution in [-0.4, -0.2) is 38.8 Å². The highest BCUT2D eigenvalue weighted by Crippen LogP contribution is 2.47. The molecule has 1 aromatic carbocycles. The zero-order chi connectivity index (χ0) is 23.4. The van der Waals surface area contributed by atoms with Crippen LogP contribution < -0.4 is 20.3 Å². The predicted molar refractivity (Wildman–Crippen MR) is 124 cm³/mol. The number of H-pyrrole nitrogens is 1. The van der Waals surface area contributed by atoms with E-state index in [0.29, 0.717) is 48.9 Å². The van der Waals surface area contributed by atoms with Gasteiger partial charge in [-0.25, -0.2) is 19.2 Å². The highest BCUT2D eigenvalue weighted by molar-refractivity contribution is 6.02. The lowest BCUT2D eigenvalue weighted by Crippen LogP contribution is -2.33. The topological polar surface area (TPSA) is 108 Å². The summed E-state index contributed by atoms with van der Waals surface area (Å²) in [6.07, 6.45) is 4.75. The van der Waals surface area contributed by atoms with Gasteiger partial charge >= 0.3 is 6.03 Å². The van der Waals surface area contributed by atoms with Gasteiger partial charge in [0.2, 0.25) is 5.88 Å². The van der Waals surface area contributed by atoms with Crippen LogP contribution in [0.4, 0.5) is 20.7 Å². The Bertz CT molecular complexity index is 1290. The number of fused-ring (bicyclic) bond motifs is 2. The van der Waals surface area contributed by atoms with E-state index in [1.165, 1.54) is 6.33 Å². The van der Waals surface area contributed by atoms with Gasteiger partial charge in [0, 0.05) is 41.7 Å². The minimum Gasteiger partial charge on any atom is -0.436 e. The first-order chi connectivity index (χ1) is 16.4. The summed E-state index contributed by atoms with van der Waals surface area (Å²) in [5.41, 5.74) is 3.82. The number of urea groups is 1. The quantitative estimate of drug-likeness (QED) is 0.543. The number of anilines is 2. The molecule has 0 saturated heterocycles. The molecule has 1 saturated carbocycles. The summed E-state index contributed by atoms with van der Waals surface area (Å²) in [6.45, 7) is 5.24. The number of nitrogens with zero attached hydrogens (tertiary/aromatic N) is 4. The van der Waals surface area contributed by atoms with E-state index in [-0.39, 0.29) is 23.2 Å². The fraction of sp³-hybridized carbons (Fsp3) is 0.417. The maximum Gasteiger partial charge on any atom is 0.327 e. The van der Waals surface area contributed by atoms with Crippen molar-refractivity contribution < 1.29 is 13.9 Å². The van der Waals surface area contributed by atoms with Gasteiger partial charge in [-0.2, -0.15) is 5.10 Å². The fourth-order valence-corrected chi connectivity index (χ4v) is 4.66. The van der Waals surface area contributed by atoms with Crippen molar-refractivity contribution in [3.63, 3.8) is 0 Å². The van der Waals surface area contributed by atoms with E-state index in [0.717, 1.165) is 29.8 Å². The van der Waals surface area contributed by atoms with E-state index in [2.05, 4.69) is 44.6 Å². The summed E-state index contributed by atoms with van der Waals surface area (Å²) < 4.78 is 21.3. The second kappa shape index (κ2) is 7.76. The van der Waals surface area contributed by atoms with Gasteiger partial charge in [0.15, 0.2) is 11.6 Å². The second-order valence-corrected chi connectivity index (χ2v) is 9.63. The standard InChI is InChI=1S/C24H26FN7O2/c1-13-9-15-16(11-26-13)27-12-28-22(15)34-18-4-3-17-14(21(18)25)5-8-32(17)23(33)29-20-10-19(30-31-20)24(2)6-7-24/h3-4,10,12-13,26H,5-9,11H2,1-2H3,(H2,29,30,31,33)/t13-/m1/s1. The first-order valence-corrected chi connectivity index (χ1v) is 11.6. The molecule has 0 bridgehead atoms.